The normalized spacial score (nSPS) is 26.5. The summed E-state index contributed by atoms with van der Waals surface area (Å²) < 4.78 is 52.6. The smallest absolute Gasteiger partial charge is 0.334 e. The Kier molecular flexibility index (Phi) is 5.41. The first-order valence-corrected chi connectivity index (χ1v) is 9.71. The highest BCUT2D eigenvalue weighted by molar-refractivity contribution is 6.34. The minimum atomic E-state index is -4.65. The van der Waals surface area contributed by atoms with Crippen molar-refractivity contribution >= 4 is 17.5 Å². The number of carbonyl (C=O) groups is 1. The van der Waals surface area contributed by atoms with E-state index >= 15 is 0 Å². The first-order chi connectivity index (χ1) is 14.2. The summed E-state index contributed by atoms with van der Waals surface area (Å²) in [5.74, 6) is -0.635. The first-order valence-electron chi connectivity index (χ1n) is 9.33. The van der Waals surface area contributed by atoms with Crippen molar-refractivity contribution in [1.82, 2.24) is 25.7 Å². The summed E-state index contributed by atoms with van der Waals surface area (Å²) in [7, 11) is 0. The van der Waals surface area contributed by atoms with Crippen molar-refractivity contribution in [2.45, 2.75) is 37.6 Å². The SMILES string of the molecule is C[C@@H]1C2NNC(c3ncc(F)cn3)C2CCN1C(=O)c1cccc(C(F)(F)F)c1Cl. The first kappa shape index (κ1) is 21.0. The lowest BCUT2D eigenvalue weighted by Crippen LogP contribution is -2.56. The van der Waals surface area contributed by atoms with Crippen molar-refractivity contribution in [3.8, 4) is 0 Å². The zero-order valence-electron chi connectivity index (χ0n) is 15.8. The number of aromatic nitrogens is 2. The van der Waals surface area contributed by atoms with Gasteiger partial charge in [-0.1, -0.05) is 17.7 Å². The van der Waals surface area contributed by atoms with Gasteiger partial charge in [-0.05, 0) is 25.5 Å². The third kappa shape index (κ3) is 3.63. The number of nitrogens with zero attached hydrogens (tertiary/aromatic N) is 3. The van der Waals surface area contributed by atoms with Gasteiger partial charge in [-0.3, -0.25) is 10.2 Å². The lowest BCUT2D eigenvalue weighted by molar-refractivity contribution is -0.137. The predicted octanol–water partition coefficient (Wildman–Crippen LogP) is 3.36. The molecule has 0 aliphatic carbocycles. The predicted molar refractivity (Wildman–Crippen MR) is 99.8 cm³/mol. The van der Waals surface area contributed by atoms with Crippen LogP contribution >= 0.6 is 11.6 Å². The summed E-state index contributed by atoms with van der Waals surface area (Å²) >= 11 is 5.94. The Morgan fingerprint density at radius 1 is 1.23 bits per heavy atom. The molecular formula is C19H18ClF4N5O. The minimum absolute atomic E-state index is 0.0199. The van der Waals surface area contributed by atoms with E-state index in [1.54, 1.807) is 0 Å². The van der Waals surface area contributed by atoms with Gasteiger partial charge >= 0.3 is 6.18 Å². The molecule has 30 heavy (non-hydrogen) atoms. The van der Waals surface area contributed by atoms with Gasteiger partial charge in [0.15, 0.2) is 5.82 Å². The van der Waals surface area contributed by atoms with Crippen molar-refractivity contribution in [3.63, 3.8) is 0 Å². The lowest BCUT2D eigenvalue weighted by Gasteiger charge is -2.41. The number of benzene rings is 1. The van der Waals surface area contributed by atoms with Crippen LogP contribution in [0.2, 0.25) is 5.02 Å². The molecule has 160 valence electrons. The summed E-state index contributed by atoms with van der Waals surface area (Å²) in [5.41, 5.74) is 5.01. The van der Waals surface area contributed by atoms with Gasteiger partial charge in [-0.2, -0.15) is 13.2 Å². The van der Waals surface area contributed by atoms with E-state index in [1.165, 1.54) is 17.0 Å². The van der Waals surface area contributed by atoms with E-state index in [-0.39, 0.29) is 29.6 Å². The van der Waals surface area contributed by atoms with Gasteiger partial charge in [0.2, 0.25) is 0 Å². The van der Waals surface area contributed by atoms with E-state index in [9.17, 15) is 22.4 Å². The summed E-state index contributed by atoms with van der Waals surface area (Å²) in [6, 6.07) is 2.54. The second kappa shape index (κ2) is 7.75. The average molecular weight is 444 g/mol. The molecule has 3 unspecified atom stereocenters. The number of nitrogens with one attached hydrogen (secondary N) is 2. The second-order valence-corrected chi connectivity index (χ2v) is 7.79. The van der Waals surface area contributed by atoms with Gasteiger partial charge in [-0.15, -0.1) is 0 Å². The van der Waals surface area contributed by atoms with Gasteiger partial charge in [0.25, 0.3) is 5.91 Å². The van der Waals surface area contributed by atoms with Crippen LogP contribution in [0, 0.1) is 11.7 Å². The number of carbonyl (C=O) groups excluding carboxylic acids is 1. The van der Waals surface area contributed by atoms with Crippen LogP contribution in [0.4, 0.5) is 17.6 Å². The molecule has 11 heteroatoms. The molecule has 0 radical (unpaired) electrons. The molecule has 2 saturated heterocycles. The molecule has 4 rings (SSSR count). The molecule has 0 bridgehead atoms. The van der Waals surface area contributed by atoms with E-state index in [1.807, 2.05) is 6.92 Å². The Labute approximate surface area is 174 Å². The van der Waals surface area contributed by atoms with Crippen LogP contribution in [0.3, 0.4) is 0 Å². The average Bonchev–Trinajstić information content (AvgIpc) is 3.13. The number of alkyl halides is 3. The quantitative estimate of drug-likeness (QED) is 0.697. The van der Waals surface area contributed by atoms with Crippen LogP contribution in [-0.4, -0.2) is 39.4 Å². The maximum atomic E-state index is 13.2. The van der Waals surface area contributed by atoms with Gasteiger partial charge < -0.3 is 4.90 Å². The molecule has 3 heterocycles. The maximum absolute atomic E-state index is 13.2. The summed E-state index contributed by atoms with van der Waals surface area (Å²) in [6.07, 6.45) is -1.90. The molecule has 2 aliphatic rings. The highest BCUT2D eigenvalue weighted by Crippen LogP contribution is 2.39. The number of fused-ring (bicyclic) bond motifs is 1. The number of halogens is 5. The Morgan fingerprint density at radius 2 is 1.93 bits per heavy atom. The lowest BCUT2D eigenvalue weighted by atomic mass is 9.82. The number of hydrogen-bond donors (Lipinski definition) is 2. The van der Waals surface area contributed by atoms with E-state index in [0.717, 1.165) is 18.5 Å². The highest BCUT2D eigenvalue weighted by atomic mass is 35.5. The molecule has 0 saturated carbocycles. The van der Waals surface area contributed by atoms with Crippen LogP contribution in [0.5, 0.6) is 0 Å². The zero-order chi connectivity index (χ0) is 21.6. The van der Waals surface area contributed by atoms with Crippen LogP contribution in [-0.2, 0) is 6.18 Å². The molecule has 2 fully saturated rings. The summed E-state index contributed by atoms with van der Waals surface area (Å²) in [5, 5.41) is -0.598. The van der Waals surface area contributed by atoms with Crippen LogP contribution in [0.15, 0.2) is 30.6 Å². The summed E-state index contributed by atoms with van der Waals surface area (Å²) in [4.78, 5) is 22.6. The Morgan fingerprint density at radius 3 is 2.60 bits per heavy atom. The fourth-order valence-corrected chi connectivity index (χ4v) is 4.53. The maximum Gasteiger partial charge on any atom is 0.417 e. The number of amides is 1. The monoisotopic (exact) mass is 443 g/mol. The van der Waals surface area contributed by atoms with Crippen molar-refractivity contribution < 1.29 is 22.4 Å². The molecule has 2 aliphatic heterocycles. The van der Waals surface area contributed by atoms with Gasteiger partial charge in [-0.25, -0.2) is 19.8 Å². The van der Waals surface area contributed by atoms with E-state index in [4.69, 9.17) is 11.6 Å². The number of hydrogen-bond acceptors (Lipinski definition) is 5. The summed E-state index contributed by atoms with van der Waals surface area (Å²) in [6.45, 7) is 2.15. The minimum Gasteiger partial charge on any atom is -0.334 e. The molecular weight excluding hydrogens is 426 g/mol. The zero-order valence-corrected chi connectivity index (χ0v) is 16.5. The number of rotatable bonds is 2. The van der Waals surface area contributed by atoms with Crippen molar-refractivity contribution in [1.29, 1.82) is 0 Å². The standard InChI is InChI=1S/C19H18ClF4N5O/c1-9-15-12(16(28-27-15)17-25-7-10(21)8-26-17)5-6-29(9)18(30)11-3-2-4-13(14(11)20)19(22,23)24/h2-4,7-9,12,15-16,27-28H,5-6H2,1H3/t9-,12?,15?,16?/m1/s1. The third-order valence-electron chi connectivity index (χ3n) is 5.72. The molecule has 1 amide bonds. The van der Waals surface area contributed by atoms with Gasteiger partial charge in [0.1, 0.15) is 5.82 Å². The molecule has 4 atom stereocenters. The molecule has 1 aromatic carbocycles. The van der Waals surface area contributed by atoms with Crippen molar-refractivity contribution in [2.24, 2.45) is 5.92 Å². The Hall–Kier alpha value is -2.30. The second-order valence-electron chi connectivity index (χ2n) is 7.41. The van der Waals surface area contributed by atoms with Crippen LogP contribution in [0.1, 0.15) is 41.1 Å². The van der Waals surface area contributed by atoms with Crippen LogP contribution in [0.25, 0.3) is 0 Å². The highest BCUT2D eigenvalue weighted by Gasteiger charge is 2.47. The van der Waals surface area contributed by atoms with Crippen molar-refractivity contribution in [2.75, 3.05) is 6.54 Å². The number of likely N-dealkylation sites (tertiary alicyclic amines) is 1. The molecule has 2 N–H and O–H groups in total. The van der Waals surface area contributed by atoms with Crippen LogP contribution < -0.4 is 10.9 Å². The van der Waals surface area contributed by atoms with E-state index < -0.39 is 28.5 Å². The Bertz CT molecular complexity index is 955. The molecule has 6 nitrogen and oxygen atoms in total. The fraction of sp³-hybridized carbons (Fsp3) is 0.421. The topological polar surface area (TPSA) is 70.2 Å². The molecule has 2 aromatic rings. The largest absolute Gasteiger partial charge is 0.417 e. The van der Waals surface area contributed by atoms with E-state index in [0.29, 0.717) is 18.8 Å². The third-order valence-corrected chi connectivity index (χ3v) is 6.13. The Balaban J connectivity index is 1.55. The van der Waals surface area contributed by atoms with Gasteiger partial charge in [0.05, 0.1) is 34.6 Å². The van der Waals surface area contributed by atoms with E-state index in [2.05, 4.69) is 20.8 Å². The fourth-order valence-electron chi connectivity index (χ4n) is 4.21. The number of hydrazine groups is 1. The number of piperidine rings is 1. The molecule has 1 aromatic heterocycles. The molecule has 0 spiro atoms. The van der Waals surface area contributed by atoms with Crippen molar-refractivity contribution in [3.05, 3.63) is 58.4 Å². The van der Waals surface area contributed by atoms with Gasteiger partial charge in [0, 0.05) is 24.5 Å².